The lowest BCUT2D eigenvalue weighted by Gasteiger charge is -2.27. The number of nitrogens with one attached hydrogen (secondary N) is 3. The molecule has 0 aromatic heterocycles. The van der Waals surface area contributed by atoms with Gasteiger partial charge in [0.2, 0.25) is 0 Å². The zero-order chi connectivity index (χ0) is 30.6. The van der Waals surface area contributed by atoms with E-state index in [1.54, 1.807) is 0 Å². The second-order valence-electron chi connectivity index (χ2n) is 14.9. The molecule has 226 valence electrons. The van der Waals surface area contributed by atoms with Crippen molar-refractivity contribution in [1.82, 2.24) is 20.9 Å². The first-order chi connectivity index (χ1) is 15.5. The number of nitrogens with zero attached hydrogens (tertiary/aromatic N) is 1. The summed E-state index contributed by atoms with van der Waals surface area (Å²) >= 11 is 0. The SMILES string of the molecule is CC(C)(C)N.CC(C)(C)NCCO.CC(C)(C)NCO.CC(C)CNC(C)(C)C.CN(C)C(C)(C)C. The van der Waals surface area contributed by atoms with Gasteiger partial charge in [0.25, 0.3) is 0 Å². The van der Waals surface area contributed by atoms with E-state index in [0.717, 1.165) is 12.5 Å². The molecule has 0 aliphatic heterocycles. The van der Waals surface area contributed by atoms with Crippen LogP contribution in [0.1, 0.15) is 118 Å². The minimum atomic E-state index is 0. The molecule has 0 aromatic carbocycles. The first kappa shape index (κ1) is 45.6. The van der Waals surface area contributed by atoms with Gasteiger partial charge in [-0.25, -0.2) is 0 Å². The lowest BCUT2D eigenvalue weighted by atomic mass is 10.1. The van der Waals surface area contributed by atoms with E-state index in [1.807, 2.05) is 41.5 Å². The molecule has 0 saturated carbocycles. The molecule has 36 heavy (non-hydrogen) atoms. The zero-order valence-electron chi connectivity index (χ0n) is 28.3. The summed E-state index contributed by atoms with van der Waals surface area (Å²) in [6.07, 6.45) is 0. The fourth-order valence-electron chi connectivity index (χ4n) is 1.18. The van der Waals surface area contributed by atoms with Gasteiger partial charge >= 0.3 is 0 Å². The van der Waals surface area contributed by atoms with Crippen molar-refractivity contribution in [3.63, 3.8) is 0 Å². The Balaban J connectivity index is -0.000000113. The average molecular weight is 524 g/mol. The quantitative estimate of drug-likeness (QED) is 0.287. The fourth-order valence-corrected chi connectivity index (χ4v) is 1.18. The third-order valence-electron chi connectivity index (χ3n) is 3.76. The van der Waals surface area contributed by atoms with E-state index in [2.05, 4.69) is 111 Å². The molecule has 0 saturated heterocycles. The van der Waals surface area contributed by atoms with E-state index in [9.17, 15) is 0 Å². The number of hydrogen-bond donors (Lipinski definition) is 6. The summed E-state index contributed by atoms with van der Waals surface area (Å²) in [6, 6.07) is 0. The minimum Gasteiger partial charge on any atom is -0.395 e. The summed E-state index contributed by atoms with van der Waals surface area (Å²) < 4.78 is 0. The van der Waals surface area contributed by atoms with E-state index in [0.29, 0.717) is 12.1 Å². The van der Waals surface area contributed by atoms with Gasteiger partial charge in [0.05, 0.1) is 13.3 Å². The van der Waals surface area contributed by atoms with Gasteiger partial charge < -0.3 is 31.5 Å². The molecule has 0 aromatic rings. The van der Waals surface area contributed by atoms with Crippen molar-refractivity contribution >= 4 is 0 Å². The maximum Gasteiger partial charge on any atom is 0.0935 e. The summed E-state index contributed by atoms with van der Waals surface area (Å²) in [6.45, 7) is 37.8. The summed E-state index contributed by atoms with van der Waals surface area (Å²) in [5.74, 6) is 0.754. The molecule has 0 spiro atoms. The molecular weight excluding hydrogens is 450 g/mol. The normalized spacial score (nSPS) is 12.3. The van der Waals surface area contributed by atoms with Crippen molar-refractivity contribution in [2.75, 3.05) is 40.5 Å². The maximum atomic E-state index is 8.37. The number of aliphatic hydroxyl groups excluding tert-OH is 2. The van der Waals surface area contributed by atoms with E-state index in [4.69, 9.17) is 15.9 Å². The largest absolute Gasteiger partial charge is 0.395 e. The predicted molar refractivity (Wildman–Crippen MR) is 165 cm³/mol. The van der Waals surface area contributed by atoms with Gasteiger partial charge in [0.1, 0.15) is 0 Å². The van der Waals surface area contributed by atoms with Crippen molar-refractivity contribution in [3.05, 3.63) is 0 Å². The van der Waals surface area contributed by atoms with Crippen LogP contribution in [0.25, 0.3) is 0 Å². The van der Waals surface area contributed by atoms with Crippen molar-refractivity contribution in [2.24, 2.45) is 11.7 Å². The van der Waals surface area contributed by atoms with Crippen LogP contribution in [0.3, 0.4) is 0 Å². The molecule has 0 heterocycles. The number of β-amino-alcohol motifs (C(OH)–C–C–N with tert-alkyl or cyclic N) is 1. The second kappa shape index (κ2) is 21.6. The van der Waals surface area contributed by atoms with E-state index < -0.39 is 0 Å². The predicted octanol–water partition coefficient (Wildman–Crippen LogP) is 4.81. The number of rotatable bonds is 5. The highest BCUT2D eigenvalue weighted by Crippen LogP contribution is 2.05. The van der Waals surface area contributed by atoms with Crippen LogP contribution in [0.15, 0.2) is 0 Å². The van der Waals surface area contributed by atoms with Crippen LogP contribution in [0.5, 0.6) is 0 Å². The summed E-state index contributed by atoms with van der Waals surface area (Å²) in [5.41, 5.74) is 6.16. The average Bonchev–Trinajstić information content (AvgIpc) is 2.55. The molecule has 7 N–H and O–H groups in total. The third-order valence-corrected chi connectivity index (χ3v) is 3.76. The highest BCUT2D eigenvalue weighted by Gasteiger charge is 2.10. The fraction of sp³-hybridized carbons (Fsp3) is 1.00. The van der Waals surface area contributed by atoms with E-state index in [-0.39, 0.29) is 35.5 Å². The molecule has 0 rings (SSSR count). The van der Waals surface area contributed by atoms with Crippen LogP contribution < -0.4 is 21.7 Å². The molecule has 0 amide bonds. The molecule has 7 heteroatoms. The van der Waals surface area contributed by atoms with Gasteiger partial charge in [0, 0.05) is 34.2 Å². The molecule has 0 radical (unpaired) electrons. The maximum absolute atomic E-state index is 8.37. The minimum absolute atomic E-state index is 0. The van der Waals surface area contributed by atoms with Crippen molar-refractivity contribution in [3.8, 4) is 0 Å². The summed E-state index contributed by atoms with van der Waals surface area (Å²) in [7, 11) is 4.17. The first-order valence-electron chi connectivity index (χ1n) is 13.4. The van der Waals surface area contributed by atoms with Gasteiger partial charge in [-0.15, -0.1) is 0 Å². The van der Waals surface area contributed by atoms with Crippen molar-refractivity contribution in [1.29, 1.82) is 0 Å². The Morgan fingerprint density at radius 2 is 0.917 bits per heavy atom. The lowest BCUT2D eigenvalue weighted by molar-refractivity contribution is 0.218. The zero-order valence-corrected chi connectivity index (χ0v) is 28.3. The Morgan fingerprint density at radius 3 is 0.972 bits per heavy atom. The van der Waals surface area contributed by atoms with Crippen LogP contribution in [-0.2, 0) is 0 Å². The Bertz CT molecular complexity index is 441. The summed E-state index contributed by atoms with van der Waals surface area (Å²) in [4.78, 5) is 2.19. The number of hydrogen-bond acceptors (Lipinski definition) is 7. The Morgan fingerprint density at radius 1 is 0.639 bits per heavy atom. The molecule has 0 aliphatic carbocycles. The Hall–Kier alpha value is -0.280. The van der Waals surface area contributed by atoms with Crippen molar-refractivity contribution in [2.45, 2.75) is 145 Å². The van der Waals surface area contributed by atoms with Gasteiger partial charge in [-0.1, -0.05) is 13.8 Å². The van der Waals surface area contributed by atoms with E-state index >= 15 is 0 Å². The second-order valence-corrected chi connectivity index (χ2v) is 14.9. The van der Waals surface area contributed by atoms with Crippen LogP contribution in [-0.4, -0.2) is 83.3 Å². The Labute approximate surface area is 228 Å². The van der Waals surface area contributed by atoms with Crippen LogP contribution >= 0.6 is 0 Å². The van der Waals surface area contributed by atoms with Crippen molar-refractivity contribution < 1.29 is 10.2 Å². The Kier molecular flexibility index (Phi) is 27.4. The number of nitrogens with two attached hydrogens (primary N) is 1. The monoisotopic (exact) mass is 524 g/mol. The van der Waals surface area contributed by atoms with Gasteiger partial charge in [-0.3, -0.25) is 5.32 Å². The lowest BCUT2D eigenvalue weighted by Crippen LogP contribution is -2.38. The highest BCUT2D eigenvalue weighted by atomic mass is 16.3. The first-order valence-corrected chi connectivity index (χ1v) is 13.4. The molecule has 0 bridgehead atoms. The standard InChI is InChI=1S/C8H19N.C6H15NO.C6H15N.C5H13NO.C4H11N/c1-7(2)6-9-8(3,4)5;1-6(2,3)7-4-5-8;1-6(2,3)7(4)5;1-5(2,3)6-4-7;1-4(2,3)5/h7,9H,6H2,1-5H3;7-8H,4-5H2,1-3H3;1-5H3;6-7H,4H2,1-3H3;5H2,1-3H3. The van der Waals surface area contributed by atoms with Crippen LogP contribution in [0, 0.1) is 5.92 Å². The van der Waals surface area contributed by atoms with Gasteiger partial charge in [-0.05, 0) is 130 Å². The number of aliphatic hydroxyl groups is 2. The molecular formula is C29H73N5O2. The summed E-state index contributed by atoms with van der Waals surface area (Å²) in [5, 5.41) is 26.0. The third kappa shape index (κ3) is 84.1. The molecule has 7 nitrogen and oxygen atoms in total. The van der Waals surface area contributed by atoms with E-state index in [1.165, 1.54) is 0 Å². The molecule has 0 fully saturated rings. The van der Waals surface area contributed by atoms with Crippen LogP contribution in [0.4, 0.5) is 0 Å². The highest BCUT2D eigenvalue weighted by molar-refractivity contribution is 4.71. The van der Waals surface area contributed by atoms with Gasteiger partial charge in [-0.2, -0.15) is 0 Å². The molecule has 0 atom stereocenters. The topological polar surface area (TPSA) is 106 Å². The molecule has 0 unspecified atom stereocenters. The smallest absolute Gasteiger partial charge is 0.0935 e. The van der Waals surface area contributed by atoms with Crippen LogP contribution in [0.2, 0.25) is 0 Å². The van der Waals surface area contributed by atoms with Gasteiger partial charge in [0.15, 0.2) is 0 Å². The molecule has 0 aliphatic rings.